The highest BCUT2D eigenvalue weighted by Gasteiger charge is 2.06. The van der Waals surface area contributed by atoms with Gasteiger partial charge in [0.05, 0.1) is 21.8 Å². The molecular formula is C9H7N3S. The first kappa shape index (κ1) is 8.02. The molecular weight excluding hydrogens is 182 g/mol. The molecule has 3 nitrogen and oxygen atoms in total. The molecule has 0 atom stereocenters. The van der Waals surface area contributed by atoms with Crippen LogP contribution in [0.15, 0.2) is 12.1 Å². The van der Waals surface area contributed by atoms with Crippen LogP contribution in [0, 0.1) is 18.3 Å². The van der Waals surface area contributed by atoms with Crippen molar-refractivity contribution >= 4 is 26.7 Å². The van der Waals surface area contributed by atoms with Crippen LogP contribution >= 0.6 is 11.3 Å². The van der Waals surface area contributed by atoms with Crippen molar-refractivity contribution in [3.8, 4) is 6.07 Å². The van der Waals surface area contributed by atoms with E-state index in [0.717, 1.165) is 15.8 Å². The lowest BCUT2D eigenvalue weighted by Crippen LogP contribution is -1.84. The number of thiazole rings is 1. The smallest absolute Gasteiger partial charge is 0.181 e. The first-order chi connectivity index (χ1) is 6.22. The Morgan fingerprint density at radius 2 is 2.31 bits per heavy atom. The van der Waals surface area contributed by atoms with Crippen molar-refractivity contribution in [2.24, 2.45) is 0 Å². The zero-order valence-electron chi connectivity index (χ0n) is 7.03. The number of nitriles is 1. The summed E-state index contributed by atoms with van der Waals surface area (Å²) in [5, 5.41) is 9.33. The van der Waals surface area contributed by atoms with E-state index < -0.39 is 0 Å². The molecule has 13 heavy (non-hydrogen) atoms. The molecule has 2 N–H and O–H groups in total. The van der Waals surface area contributed by atoms with Gasteiger partial charge in [-0.1, -0.05) is 11.3 Å². The third-order valence-corrected chi connectivity index (χ3v) is 2.80. The molecule has 1 heterocycles. The van der Waals surface area contributed by atoms with E-state index in [-0.39, 0.29) is 0 Å². The van der Waals surface area contributed by atoms with Gasteiger partial charge in [-0.25, -0.2) is 4.98 Å². The Balaban J connectivity index is 2.87. The van der Waals surface area contributed by atoms with E-state index in [1.165, 1.54) is 11.3 Å². The molecule has 0 radical (unpaired) electrons. The van der Waals surface area contributed by atoms with Crippen molar-refractivity contribution in [3.63, 3.8) is 0 Å². The quantitative estimate of drug-likeness (QED) is 0.690. The maximum Gasteiger partial charge on any atom is 0.181 e. The molecule has 0 bridgehead atoms. The summed E-state index contributed by atoms with van der Waals surface area (Å²) >= 11 is 1.44. The predicted octanol–water partition coefficient (Wildman–Crippen LogP) is 2.06. The van der Waals surface area contributed by atoms with Crippen molar-refractivity contribution < 1.29 is 0 Å². The van der Waals surface area contributed by atoms with Crippen LogP contribution in [0.4, 0.5) is 5.13 Å². The molecule has 0 aliphatic rings. The number of aryl methyl sites for hydroxylation is 1. The number of nitrogen functional groups attached to an aromatic ring is 1. The van der Waals surface area contributed by atoms with Gasteiger partial charge in [0.2, 0.25) is 0 Å². The van der Waals surface area contributed by atoms with Gasteiger partial charge in [0.25, 0.3) is 0 Å². The second kappa shape index (κ2) is 2.71. The lowest BCUT2D eigenvalue weighted by atomic mass is 10.1. The Labute approximate surface area is 79.4 Å². The molecule has 0 saturated heterocycles. The lowest BCUT2D eigenvalue weighted by molar-refractivity contribution is 1.38. The fourth-order valence-corrected chi connectivity index (χ4v) is 2.06. The molecule has 4 heteroatoms. The number of aromatic nitrogens is 1. The van der Waals surface area contributed by atoms with Gasteiger partial charge in [-0.15, -0.1) is 0 Å². The highest BCUT2D eigenvalue weighted by molar-refractivity contribution is 7.22. The molecule has 1 aromatic heterocycles. The number of benzene rings is 1. The van der Waals surface area contributed by atoms with Gasteiger partial charge in [-0.3, -0.25) is 0 Å². The summed E-state index contributed by atoms with van der Waals surface area (Å²) in [7, 11) is 0. The van der Waals surface area contributed by atoms with Gasteiger partial charge in [-0.05, 0) is 24.6 Å². The Morgan fingerprint density at radius 1 is 1.54 bits per heavy atom. The summed E-state index contributed by atoms with van der Waals surface area (Å²) in [4.78, 5) is 4.17. The van der Waals surface area contributed by atoms with E-state index in [0.29, 0.717) is 10.7 Å². The first-order valence-corrected chi connectivity index (χ1v) is 4.59. The van der Waals surface area contributed by atoms with Crippen molar-refractivity contribution in [2.45, 2.75) is 6.92 Å². The lowest BCUT2D eigenvalue weighted by Gasteiger charge is -1.95. The molecule has 2 rings (SSSR count). The van der Waals surface area contributed by atoms with Crippen LogP contribution in [0.5, 0.6) is 0 Å². The Kier molecular flexibility index (Phi) is 1.67. The summed E-state index contributed by atoms with van der Waals surface area (Å²) in [5.41, 5.74) is 8.00. The molecule has 0 fully saturated rings. The topological polar surface area (TPSA) is 62.7 Å². The summed E-state index contributed by atoms with van der Waals surface area (Å²) in [6.45, 7) is 1.89. The van der Waals surface area contributed by atoms with Gasteiger partial charge in [0.1, 0.15) is 0 Å². The van der Waals surface area contributed by atoms with Gasteiger partial charge < -0.3 is 5.73 Å². The highest BCUT2D eigenvalue weighted by atomic mass is 32.1. The molecule has 0 spiro atoms. The Bertz CT molecular complexity index is 507. The molecule has 0 aliphatic heterocycles. The number of nitrogens with zero attached hydrogens (tertiary/aromatic N) is 2. The van der Waals surface area contributed by atoms with E-state index in [1.807, 2.05) is 13.0 Å². The Morgan fingerprint density at radius 3 is 3.00 bits per heavy atom. The van der Waals surface area contributed by atoms with Crippen LogP contribution < -0.4 is 5.73 Å². The zero-order valence-corrected chi connectivity index (χ0v) is 7.85. The van der Waals surface area contributed by atoms with Crippen LogP contribution in [-0.4, -0.2) is 4.98 Å². The van der Waals surface area contributed by atoms with Gasteiger partial charge in [-0.2, -0.15) is 5.26 Å². The van der Waals surface area contributed by atoms with Crippen LogP contribution in [0.25, 0.3) is 10.2 Å². The predicted molar refractivity (Wildman–Crippen MR) is 53.5 cm³/mol. The minimum Gasteiger partial charge on any atom is -0.375 e. The summed E-state index contributed by atoms with van der Waals surface area (Å²) in [6.07, 6.45) is 0. The summed E-state index contributed by atoms with van der Waals surface area (Å²) in [6, 6.07) is 5.81. The number of rotatable bonds is 0. The molecule has 0 amide bonds. The van der Waals surface area contributed by atoms with Gasteiger partial charge in [0.15, 0.2) is 5.13 Å². The molecule has 0 aliphatic carbocycles. The fraction of sp³-hybridized carbons (Fsp3) is 0.111. The van der Waals surface area contributed by atoms with Crippen LogP contribution in [0.1, 0.15) is 11.1 Å². The normalized spacial score (nSPS) is 10.2. The standard InChI is InChI=1S/C9H7N3S/c1-5-6(4-10)2-3-7-8(5)12-9(11)13-7/h2-3H,1H3,(H2,11,12). The minimum atomic E-state index is 0.549. The van der Waals surface area contributed by atoms with Gasteiger partial charge in [0, 0.05) is 0 Å². The molecule has 0 unspecified atom stereocenters. The third-order valence-electron chi connectivity index (χ3n) is 1.95. The van der Waals surface area contributed by atoms with Gasteiger partial charge >= 0.3 is 0 Å². The van der Waals surface area contributed by atoms with E-state index in [9.17, 15) is 0 Å². The summed E-state index contributed by atoms with van der Waals surface area (Å²) in [5.74, 6) is 0. The number of anilines is 1. The zero-order chi connectivity index (χ0) is 9.42. The van der Waals surface area contributed by atoms with Crippen molar-refractivity contribution in [3.05, 3.63) is 23.3 Å². The maximum absolute atomic E-state index is 8.78. The number of nitrogens with two attached hydrogens (primary N) is 1. The third kappa shape index (κ3) is 1.14. The van der Waals surface area contributed by atoms with Crippen molar-refractivity contribution in [2.75, 3.05) is 5.73 Å². The van der Waals surface area contributed by atoms with Crippen molar-refractivity contribution in [1.82, 2.24) is 4.98 Å². The highest BCUT2D eigenvalue weighted by Crippen LogP contribution is 2.27. The molecule has 2 aromatic rings. The Hall–Kier alpha value is -1.60. The van der Waals surface area contributed by atoms with E-state index >= 15 is 0 Å². The number of hydrogen-bond acceptors (Lipinski definition) is 4. The number of hydrogen-bond donors (Lipinski definition) is 1. The average molecular weight is 189 g/mol. The second-order valence-electron chi connectivity index (χ2n) is 2.75. The minimum absolute atomic E-state index is 0.549. The van der Waals surface area contributed by atoms with Crippen LogP contribution in [0.2, 0.25) is 0 Å². The van der Waals surface area contributed by atoms with Crippen LogP contribution in [0.3, 0.4) is 0 Å². The first-order valence-electron chi connectivity index (χ1n) is 3.78. The summed E-state index contributed by atoms with van der Waals surface area (Å²) < 4.78 is 1.04. The number of fused-ring (bicyclic) bond motifs is 1. The monoisotopic (exact) mass is 189 g/mol. The van der Waals surface area contributed by atoms with Crippen molar-refractivity contribution in [1.29, 1.82) is 5.26 Å². The van der Waals surface area contributed by atoms with E-state index in [2.05, 4.69) is 11.1 Å². The largest absolute Gasteiger partial charge is 0.375 e. The van der Waals surface area contributed by atoms with E-state index in [4.69, 9.17) is 11.0 Å². The van der Waals surface area contributed by atoms with E-state index in [1.54, 1.807) is 6.07 Å². The average Bonchev–Trinajstić information content (AvgIpc) is 2.47. The molecule has 1 aromatic carbocycles. The fourth-order valence-electron chi connectivity index (χ4n) is 1.26. The van der Waals surface area contributed by atoms with Crippen LogP contribution in [-0.2, 0) is 0 Å². The molecule has 0 saturated carbocycles. The maximum atomic E-state index is 8.78. The molecule has 64 valence electrons. The second-order valence-corrected chi connectivity index (χ2v) is 3.81. The SMILES string of the molecule is Cc1c(C#N)ccc2sc(N)nc12.